The standard InChI is InChI=1S/C18H13IN2O3/c1-24-18(23)13-7-5-12(6-8-13)9-14(11-20)17(22)21-16-4-2-3-15(19)10-16/h2-10H,1H3,(H,21,22). The highest BCUT2D eigenvalue weighted by Gasteiger charge is 2.10. The first-order valence-corrected chi connectivity index (χ1v) is 7.98. The fraction of sp³-hybridized carbons (Fsp3) is 0.0556. The van der Waals surface area contributed by atoms with Crippen LogP contribution in [0.3, 0.4) is 0 Å². The molecule has 0 aliphatic carbocycles. The molecule has 120 valence electrons. The number of nitriles is 1. The van der Waals surface area contributed by atoms with Crippen LogP contribution in [0.25, 0.3) is 6.08 Å². The molecular weight excluding hydrogens is 419 g/mol. The highest BCUT2D eigenvalue weighted by Crippen LogP contribution is 2.15. The molecule has 0 spiro atoms. The molecule has 2 rings (SSSR count). The number of amides is 1. The molecule has 1 N–H and O–H groups in total. The molecule has 0 aliphatic rings. The molecule has 1 amide bonds. The maximum Gasteiger partial charge on any atom is 0.337 e. The van der Waals surface area contributed by atoms with Crippen LogP contribution in [0.1, 0.15) is 15.9 Å². The smallest absolute Gasteiger partial charge is 0.337 e. The van der Waals surface area contributed by atoms with Crippen LogP contribution in [0.5, 0.6) is 0 Å². The summed E-state index contributed by atoms with van der Waals surface area (Å²) in [5.74, 6) is -0.931. The Morgan fingerprint density at radius 2 is 1.92 bits per heavy atom. The lowest BCUT2D eigenvalue weighted by atomic mass is 10.1. The van der Waals surface area contributed by atoms with E-state index in [9.17, 15) is 14.9 Å². The monoisotopic (exact) mass is 432 g/mol. The van der Waals surface area contributed by atoms with Gasteiger partial charge in [0.25, 0.3) is 5.91 Å². The lowest BCUT2D eigenvalue weighted by Crippen LogP contribution is -2.13. The molecule has 5 nitrogen and oxygen atoms in total. The Morgan fingerprint density at radius 3 is 2.50 bits per heavy atom. The van der Waals surface area contributed by atoms with Crippen molar-refractivity contribution in [2.24, 2.45) is 0 Å². The number of nitrogens with zero attached hydrogens (tertiary/aromatic N) is 1. The minimum absolute atomic E-state index is 0.0281. The van der Waals surface area contributed by atoms with Gasteiger partial charge in [-0.25, -0.2) is 4.79 Å². The summed E-state index contributed by atoms with van der Waals surface area (Å²) in [5.41, 5.74) is 1.63. The number of nitrogens with one attached hydrogen (secondary N) is 1. The van der Waals surface area contributed by atoms with Crippen LogP contribution in [-0.4, -0.2) is 19.0 Å². The fourth-order valence-electron chi connectivity index (χ4n) is 1.91. The van der Waals surface area contributed by atoms with E-state index in [0.717, 1.165) is 3.57 Å². The summed E-state index contributed by atoms with van der Waals surface area (Å²) in [6.07, 6.45) is 1.46. The number of methoxy groups -OCH3 is 1. The van der Waals surface area contributed by atoms with Crippen LogP contribution in [0.2, 0.25) is 0 Å². The lowest BCUT2D eigenvalue weighted by Gasteiger charge is -2.05. The topological polar surface area (TPSA) is 79.2 Å². The van der Waals surface area contributed by atoms with E-state index < -0.39 is 11.9 Å². The largest absolute Gasteiger partial charge is 0.465 e. The van der Waals surface area contributed by atoms with Crippen LogP contribution < -0.4 is 5.32 Å². The van der Waals surface area contributed by atoms with Crippen molar-refractivity contribution in [2.45, 2.75) is 0 Å². The fourth-order valence-corrected chi connectivity index (χ4v) is 2.46. The van der Waals surface area contributed by atoms with Crippen molar-refractivity contribution >= 4 is 46.2 Å². The molecule has 0 aromatic heterocycles. The van der Waals surface area contributed by atoms with Gasteiger partial charge in [0.2, 0.25) is 0 Å². The predicted octanol–water partition coefficient (Wildman–Crippen LogP) is 3.62. The zero-order chi connectivity index (χ0) is 17.5. The van der Waals surface area contributed by atoms with Crippen molar-refractivity contribution in [3.8, 4) is 6.07 Å². The van der Waals surface area contributed by atoms with Crippen molar-refractivity contribution in [3.05, 3.63) is 68.8 Å². The van der Waals surface area contributed by atoms with E-state index in [1.165, 1.54) is 13.2 Å². The number of halogens is 1. The summed E-state index contributed by atoms with van der Waals surface area (Å²) >= 11 is 2.14. The average Bonchev–Trinajstić information content (AvgIpc) is 2.59. The normalized spacial score (nSPS) is 10.6. The number of rotatable bonds is 4. The quantitative estimate of drug-likeness (QED) is 0.347. The van der Waals surface area contributed by atoms with Gasteiger partial charge in [-0.3, -0.25) is 4.79 Å². The number of anilines is 1. The Kier molecular flexibility index (Phi) is 6.09. The van der Waals surface area contributed by atoms with Crippen LogP contribution >= 0.6 is 22.6 Å². The van der Waals surface area contributed by atoms with Crippen LogP contribution in [0.4, 0.5) is 5.69 Å². The average molecular weight is 432 g/mol. The first-order valence-electron chi connectivity index (χ1n) is 6.90. The number of benzene rings is 2. The van der Waals surface area contributed by atoms with Gasteiger partial charge in [-0.05, 0) is 64.6 Å². The Morgan fingerprint density at radius 1 is 1.21 bits per heavy atom. The SMILES string of the molecule is COC(=O)c1ccc(C=C(C#N)C(=O)Nc2cccc(I)c2)cc1. The number of hydrogen-bond donors (Lipinski definition) is 1. The maximum absolute atomic E-state index is 12.2. The second kappa shape index (κ2) is 8.26. The van der Waals surface area contributed by atoms with Gasteiger partial charge in [0.05, 0.1) is 12.7 Å². The third-order valence-electron chi connectivity index (χ3n) is 3.09. The Balaban J connectivity index is 2.18. The molecule has 2 aromatic rings. The highest BCUT2D eigenvalue weighted by atomic mass is 127. The molecular formula is C18H13IN2O3. The van der Waals surface area contributed by atoms with Crippen LogP contribution in [-0.2, 0) is 9.53 Å². The molecule has 6 heteroatoms. The molecule has 0 aliphatic heterocycles. The predicted molar refractivity (Wildman–Crippen MR) is 99.2 cm³/mol. The van der Waals surface area contributed by atoms with E-state index in [0.29, 0.717) is 16.8 Å². The molecule has 0 atom stereocenters. The Bertz CT molecular complexity index is 836. The van der Waals surface area contributed by atoms with E-state index in [1.807, 2.05) is 18.2 Å². The van der Waals surface area contributed by atoms with E-state index in [1.54, 1.807) is 36.4 Å². The van der Waals surface area contributed by atoms with Crippen molar-refractivity contribution < 1.29 is 14.3 Å². The number of hydrogen-bond acceptors (Lipinski definition) is 4. The van der Waals surface area contributed by atoms with Gasteiger partial charge < -0.3 is 10.1 Å². The van der Waals surface area contributed by atoms with Gasteiger partial charge >= 0.3 is 5.97 Å². The lowest BCUT2D eigenvalue weighted by molar-refractivity contribution is -0.112. The van der Waals surface area contributed by atoms with Gasteiger partial charge in [0.15, 0.2) is 0 Å². The minimum atomic E-state index is -0.489. The van der Waals surface area contributed by atoms with Crippen molar-refractivity contribution in [1.29, 1.82) is 5.26 Å². The third-order valence-corrected chi connectivity index (χ3v) is 3.76. The molecule has 0 heterocycles. The zero-order valence-electron chi connectivity index (χ0n) is 12.7. The summed E-state index contributed by atoms with van der Waals surface area (Å²) in [7, 11) is 1.30. The zero-order valence-corrected chi connectivity index (χ0v) is 14.9. The first-order chi connectivity index (χ1) is 11.5. The van der Waals surface area contributed by atoms with E-state index in [-0.39, 0.29) is 5.57 Å². The van der Waals surface area contributed by atoms with E-state index in [4.69, 9.17) is 0 Å². The second-order valence-corrected chi connectivity index (χ2v) is 5.99. The number of esters is 1. The molecule has 0 fully saturated rings. The third kappa shape index (κ3) is 4.67. The molecule has 2 aromatic carbocycles. The van der Waals surface area contributed by atoms with Gasteiger partial charge in [-0.1, -0.05) is 18.2 Å². The Labute approximate surface area is 153 Å². The molecule has 24 heavy (non-hydrogen) atoms. The van der Waals surface area contributed by atoms with Gasteiger partial charge in [0, 0.05) is 9.26 Å². The summed E-state index contributed by atoms with van der Waals surface area (Å²) in [4.78, 5) is 23.6. The summed E-state index contributed by atoms with van der Waals surface area (Å²) < 4.78 is 5.60. The summed E-state index contributed by atoms with van der Waals surface area (Å²) in [5, 5.41) is 11.9. The van der Waals surface area contributed by atoms with Gasteiger partial charge in [-0.2, -0.15) is 5.26 Å². The van der Waals surface area contributed by atoms with Crippen LogP contribution in [0.15, 0.2) is 54.1 Å². The summed E-state index contributed by atoms with van der Waals surface area (Å²) in [6.45, 7) is 0. The van der Waals surface area contributed by atoms with Crippen LogP contribution in [0, 0.1) is 14.9 Å². The second-order valence-electron chi connectivity index (χ2n) is 4.75. The maximum atomic E-state index is 12.2. The minimum Gasteiger partial charge on any atom is -0.465 e. The van der Waals surface area contributed by atoms with Crippen molar-refractivity contribution in [2.75, 3.05) is 12.4 Å². The number of ether oxygens (including phenoxy) is 1. The van der Waals surface area contributed by atoms with E-state index in [2.05, 4.69) is 32.6 Å². The molecule has 0 saturated carbocycles. The van der Waals surface area contributed by atoms with Gasteiger partial charge in [0.1, 0.15) is 11.6 Å². The molecule has 0 unspecified atom stereocenters. The molecule has 0 bridgehead atoms. The molecule has 0 radical (unpaired) electrons. The number of carbonyl (C=O) groups excluding carboxylic acids is 2. The van der Waals surface area contributed by atoms with Gasteiger partial charge in [-0.15, -0.1) is 0 Å². The van der Waals surface area contributed by atoms with Crippen molar-refractivity contribution in [3.63, 3.8) is 0 Å². The highest BCUT2D eigenvalue weighted by molar-refractivity contribution is 14.1. The summed E-state index contributed by atoms with van der Waals surface area (Å²) in [6, 6.07) is 15.6. The Hall–Kier alpha value is -2.66. The first kappa shape index (κ1) is 17.7. The van der Waals surface area contributed by atoms with Crippen molar-refractivity contribution in [1.82, 2.24) is 0 Å². The van der Waals surface area contributed by atoms with E-state index >= 15 is 0 Å². The number of carbonyl (C=O) groups is 2. The molecule has 0 saturated heterocycles.